The highest BCUT2D eigenvalue weighted by atomic mass is 79.9. The second kappa shape index (κ2) is 4.80. The first kappa shape index (κ1) is 16.5. The van der Waals surface area contributed by atoms with E-state index in [4.69, 9.17) is 5.73 Å². The van der Waals surface area contributed by atoms with Gasteiger partial charge in [0.15, 0.2) is 0 Å². The second-order valence-electron chi connectivity index (χ2n) is 3.51. The molecule has 0 atom stereocenters. The van der Waals surface area contributed by atoms with Gasteiger partial charge in [-0.1, -0.05) is 0 Å². The van der Waals surface area contributed by atoms with Crippen molar-refractivity contribution in [2.45, 2.75) is 18.0 Å². The van der Waals surface area contributed by atoms with Crippen molar-refractivity contribution in [3.05, 3.63) is 26.6 Å². The SMILES string of the molecule is Nc1c(Br)cc(C(F)(C(F)(F)F)C(F)(F)F)cc1Br. The van der Waals surface area contributed by atoms with Gasteiger partial charge in [0.05, 0.1) is 5.69 Å². The van der Waals surface area contributed by atoms with Crippen LogP contribution in [0, 0.1) is 0 Å². The van der Waals surface area contributed by atoms with E-state index in [0.29, 0.717) is 12.1 Å². The summed E-state index contributed by atoms with van der Waals surface area (Å²) >= 11 is 5.33. The average molecular weight is 419 g/mol. The Balaban J connectivity index is 3.62. The molecule has 0 aliphatic rings. The molecule has 0 unspecified atom stereocenters. The van der Waals surface area contributed by atoms with Crippen LogP contribution in [0.4, 0.5) is 36.4 Å². The summed E-state index contributed by atoms with van der Waals surface area (Å²) in [6.45, 7) is 0. The average Bonchev–Trinajstić information content (AvgIpc) is 2.20. The van der Waals surface area contributed by atoms with Crippen molar-refractivity contribution in [3.8, 4) is 0 Å². The number of nitrogen functional groups attached to an aromatic ring is 1. The number of halogens is 9. The Bertz CT molecular complexity index is 457. The van der Waals surface area contributed by atoms with Gasteiger partial charge in [-0.2, -0.15) is 26.3 Å². The van der Waals surface area contributed by atoms with Crippen LogP contribution in [0.5, 0.6) is 0 Å². The summed E-state index contributed by atoms with van der Waals surface area (Å²) in [5.41, 5.74) is -1.89. The second-order valence-corrected chi connectivity index (χ2v) is 5.22. The zero-order chi connectivity index (χ0) is 15.2. The first-order chi connectivity index (χ1) is 8.32. The van der Waals surface area contributed by atoms with Crippen molar-refractivity contribution >= 4 is 37.5 Å². The lowest BCUT2D eigenvalue weighted by Crippen LogP contribution is -2.50. The van der Waals surface area contributed by atoms with Crippen LogP contribution >= 0.6 is 31.9 Å². The van der Waals surface area contributed by atoms with Crippen LogP contribution < -0.4 is 5.73 Å². The van der Waals surface area contributed by atoms with Gasteiger partial charge in [0, 0.05) is 14.5 Å². The lowest BCUT2D eigenvalue weighted by Gasteiger charge is -2.30. The summed E-state index contributed by atoms with van der Waals surface area (Å²) in [7, 11) is 0. The minimum atomic E-state index is -6.15. The largest absolute Gasteiger partial charge is 0.435 e. The quantitative estimate of drug-likeness (QED) is 0.499. The van der Waals surface area contributed by atoms with Gasteiger partial charge in [-0.15, -0.1) is 0 Å². The highest BCUT2D eigenvalue weighted by molar-refractivity contribution is 9.11. The molecule has 1 rings (SSSR count). The summed E-state index contributed by atoms with van der Waals surface area (Å²) < 4.78 is 88.1. The molecule has 0 aromatic heterocycles. The molecule has 0 bridgehead atoms. The number of benzene rings is 1. The van der Waals surface area contributed by atoms with E-state index < -0.39 is 23.6 Å². The molecular formula is C9H4Br2F7N. The van der Waals surface area contributed by atoms with E-state index >= 15 is 0 Å². The van der Waals surface area contributed by atoms with E-state index in [1.54, 1.807) is 0 Å². The summed E-state index contributed by atoms with van der Waals surface area (Å²) in [5, 5.41) is 0. The van der Waals surface area contributed by atoms with E-state index in [9.17, 15) is 30.7 Å². The molecule has 1 nitrogen and oxygen atoms in total. The van der Waals surface area contributed by atoms with Gasteiger partial charge in [-0.25, -0.2) is 4.39 Å². The van der Waals surface area contributed by atoms with Crippen LogP contribution in [0.2, 0.25) is 0 Å². The van der Waals surface area contributed by atoms with E-state index in [1.165, 1.54) is 0 Å². The molecule has 0 amide bonds. The van der Waals surface area contributed by atoms with Crippen molar-refractivity contribution in [1.82, 2.24) is 0 Å². The highest BCUT2D eigenvalue weighted by Gasteiger charge is 2.73. The molecule has 1 aromatic rings. The smallest absolute Gasteiger partial charge is 0.397 e. The van der Waals surface area contributed by atoms with Gasteiger partial charge >= 0.3 is 18.0 Å². The third-order valence-electron chi connectivity index (χ3n) is 2.26. The first-order valence-corrected chi connectivity index (χ1v) is 5.98. The fraction of sp³-hybridized carbons (Fsp3) is 0.333. The van der Waals surface area contributed by atoms with Gasteiger partial charge in [0.1, 0.15) is 0 Å². The number of anilines is 1. The maximum Gasteiger partial charge on any atom is 0.435 e. The van der Waals surface area contributed by atoms with E-state index in [-0.39, 0.29) is 14.6 Å². The number of rotatable bonds is 1. The van der Waals surface area contributed by atoms with E-state index in [2.05, 4.69) is 31.9 Å². The first-order valence-electron chi connectivity index (χ1n) is 4.39. The number of alkyl halides is 7. The van der Waals surface area contributed by atoms with Crippen molar-refractivity contribution in [2.24, 2.45) is 0 Å². The maximum atomic E-state index is 13.7. The molecule has 108 valence electrons. The Labute approximate surface area is 119 Å². The van der Waals surface area contributed by atoms with Crippen LogP contribution in [0.25, 0.3) is 0 Å². The molecule has 0 radical (unpaired) electrons. The van der Waals surface area contributed by atoms with Gasteiger partial charge < -0.3 is 5.73 Å². The predicted molar refractivity (Wildman–Crippen MR) is 61.2 cm³/mol. The highest BCUT2D eigenvalue weighted by Crippen LogP contribution is 2.54. The van der Waals surface area contributed by atoms with Crippen molar-refractivity contribution in [3.63, 3.8) is 0 Å². The predicted octanol–water partition coefficient (Wildman–Crippen LogP) is 5.08. The molecule has 2 N–H and O–H groups in total. The van der Waals surface area contributed by atoms with Gasteiger partial charge in [-0.3, -0.25) is 0 Å². The molecule has 19 heavy (non-hydrogen) atoms. The Morgan fingerprint density at radius 2 is 1.11 bits per heavy atom. The Morgan fingerprint density at radius 1 is 0.789 bits per heavy atom. The van der Waals surface area contributed by atoms with Crippen LogP contribution in [0.1, 0.15) is 5.56 Å². The lowest BCUT2D eigenvalue weighted by molar-refractivity contribution is -0.348. The molecule has 0 saturated heterocycles. The van der Waals surface area contributed by atoms with Crippen LogP contribution in [-0.2, 0) is 5.67 Å². The molecule has 0 heterocycles. The number of hydrogen-bond donors (Lipinski definition) is 1. The molecule has 10 heteroatoms. The van der Waals surface area contributed by atoms with Crippen molar-refractivity contribution in [2.75, 3.05) is 5.73 Å². The van der Waals surface area contributed by atoms with E-state index in [0.717, 1.165) is 0 Å². The van der Waals surface area contributed by atoms with Gasteiger partial charge in [0.2, 0.25) is 0 Å². The van der Waals surface area contributed by atoms with Crippen LogP contribution in [-0.4, -0.2) is 12.4 Å². The van der Waals surface area contributed by atoms with Crippen molar-refractivity contribution < 1.29 is 30.7 Å². The zero-order valence-electron chi connectivity index (χ0n) is 8.63. The van der Waals surface area contributed by atoms with E-state index in [1.807, 2.05) is 0 Å². The molecule has 0 spiro atoms. The summed E-state index contributed by atoms with van der Waals surface area (Å²) in [6.07, 6.45) is -12.3. The topological polar surface area (TPSA) is 26.0 Å². The van der Waals surface area contributed by atoms with Crippen LogP contribution in [0.15, 0.2) is 21.1 Å². The zero-order valence-corrected chi connectivity index (χ0v) is 11.8. The molecule has 1 aromatic carbocycles. The Hall–Kier alpha value is -0.510. The monoisotopic (exact) mass is 417 g/mol. The summed E-state index contributed by atoms with van der Waals surface area (Å²) in [5.74, 6) is 0. The molecule has 0 aliphatic carbocycles. The van der Waals surface area contributed by atoms with Gasteiger partial charge in [0.25, 0.3) is 0 Å². The van der Waals surface area contributed by atoms with Gasteiger partial charge in [-0.05, 0) is 44.0 Å². The third kappa shape index (κ3) is 2.69. The third-order valence-corrected chi connectivity index (χ3v) is 3.57. The minimum absolute atomic E-state index is 0.143. The Kier molecular flexibility index (Phi) is 4.18. The molecule has 0 fully saturated rings. The minimum Gasteiger partial charge on any atom is -0.397 e. The number of nitrogens with two attached hydrogens (primary N) is 1. The standard InChI is InChI=1S/C9H4Br2F7N/c10-4-1-3(2-5(11)6(4)19)7(12,8(13,14)15)9(16,17)18/h1-2H,19H2. The molecule has 0 saturated carbocycles. The number of hydrogen-bond acceptors (Lipinski definition) is 1. The molecule has 0 aliphatic heterocycles. The normalized spacial score (nSPS) is 13.7. The summed E-state index contributed by atoms with van der Waals surface area (Å²) in [6, 6.07) is 0.697. The lowest BCUT2D eigenvalue weighted by atomic mass is 9.94. The maximum absolute atomic E-state index is 13.7. The van der Waals surface area contributed by atoms with Crippen molar-refractivity contribution in [1.29, 1.82) is 0 Å². The fourth-order valence-electron chi connectivity index (χ4n) is 1.27. The Morgan fingerprint density at radius 3 is 1.37 bits per heavy atom. The fourth-order valence-corrected chi connectivity index (χ4v) is 2.46. The molecular weight excluding hydrogens is 415 g/mol. The van der Waals surface area contributed by atoms with Crippen LogP contribution in [0.3, 0.4) is 0 Å². The summed E-state index contributed by atoms with van der Waals surface area (Å²) in [4.78, 5) is 0.